The highest BCUT2D eigenvalue weighted by Gasteiger charge is 2.09. The van der Waals surface area contributed by atoms with E-state index in [-0.39, 0.29) is 12.5 Å². The number of halogens is 1. The number of nitrogens with one attached hydrogen (secondary N) is 1. The molecule has 0 saturated carbocycles. The first kappa shape index (κ1) is 15.2. The van der Waals surface area contributed by atoms with E-state index < -0.39 is 0 Å². The number of rotatable bonds is 5. The molecule has 0 aliphatic carbocycles. The van der Waals surface area contributed by atoms with Crippen LogP contribution in [0.25, 0.3) is 0 Å². The molecule has 0 atom stereocenters. The predicted molar refractivity (Wildman–Crippen MR) is 85.7 cm³/mol. The highest BCUT2D eigenvalue weighted by Crippen LogP contribution is 2.26. The van der Waals surface area contributed by atoms with Crippen LogP contribution < -0.4 is 20.5 Å². The van der Waals surface area contributed by atoms with Crippen LogP contribution in [0.5, 0.6) is 11.5 Å². The van der Waals surface area contributed by atoms with Gasteiger partial charge in [-0.2, -0.15) is 0 Å². The average Bonchev–Trinajstić information content (AvgIpc) is 2.47. The first-order chi connectivity index (χ1) is 10.1. The summed E-state index contributed by atoms with van der Waals surface area (Å²) in [5, 5.41) is 2.72. The summed E-state index contributed by atoms with van der Waals surface area (Å²) in [5.74, 6) is 0.768. The van der Waals surface area contributed by atoms with Gasteiger partial charge in [0.05, 0.1) is 18.5 Å². The van der Waals surface area contributed by atoms with E-state index in [9.17, 15) is 4.79 Å². The van der Waals surface area contributed by atoms with Gasteiger partial charge >= 0.3 is 0 Å². The molecule has 1 amide bonds. The zero-order valence-electron chi connectivity index (χ0n) is 11.4. The summed E-state index contributed by atoms with van der Waals surface area (Å²) in [7, 11) is 1.55. The van der Waals surface area contributed by atoms with E-state index in [1.807, 2.05) is 12.1 Å². The number of hydrogen-bond acceptors (Lipinski definition) is 4. The first-order valence-electron chi connectivity index (χ1n) is 6.21. The lowest BCUT2D eigenvalue weighted by atomic mass is 10.3. The van der Waals surface area contributed by atoms with Crippen LogP contribution in [0.2, 0.25) is 0 Å². The molecule has 110 valence electrons. The van der Waals surface area contributed by atoms with E-state index in [4.69, 9.17) is 15.2 Å². The van der Waals surface area contributed by atoms with Crippen LogP contribution in [-0.2, 0) is 4.79 Å². The van der Waals surface area contributed by atoms with Crippen molar-refractivity contribution in [2.24, 2.45) is 0 Å². The molecule has 3 N–H and O–H groups in total. The summed E-state index contributed by atoms with van der Waals surface area (Å²) in [6, 6.07) is 12.4. The van der Waals surface area contributed by atoms with Gasteiger partial charge in [-0.15, -0.1) is 0 Å². The maximum Gasteiger partial charge on any atom is 0.262 e. The summed E-state index contributed by atoms with van der Waals surface area (Å²) in [6.45, 7) is -0.135. The van der Waals surface area contributed by atoms with Crippen LogP contribution in [0.15, 0.2) is 46.9 Å². The Morgan fingerprint density at radius 3 is 2.71 bits per heavy atom. The molecule has 0 aliphatic heterocycles. The molecular weight excluding hydrogens is 336 g/mol. The topological polar surface area (TPSA) is 73.6 Å². The fraction of sp³-hybridized carbons (Fsp3) is 0.133. The van der Waals surface area contributed by atoms with Crippen molar-refractivity contribution in [1.82, 2.24) is 0 Å². The van der Waals surface area contributed by atoms with Crippen LogP contribution in [0.4, 0.5) is 11.4 Å². The van der Waals surface area contributed by atoms with Crippen molar-refractivity contribution in [3.05, 3.63) is 46.9 Å². The minimum Gasteiger partial charge on any atom is -0.495 e. The van der Waals surface area contributed by atoms with Crippen molar-refractivity contribution >= 4 is 33.2 Å². The second-order valence-electron chi connectivity index (χ2n) is 4.22. The van der Waals surface area contributed by atoms with Crippen molar-refractivity contribution in [2.45, 2.75) is 0 Å². The number of carbonyl (C=O) groups excluding carboxylic acids is 1. The first-order valence-corrected chi connectivity index (χ1v) is 7.00. The molecule has 0 aliphatic rings. The number of anilines is 2. The highest BCUT2D eigenvalue weighted by atomic mass is 79.9. The van der Waals surface area contributed by atoms with Gasteiger partial charge < -0.3 is 20.5 Å². The molecule has 0 unspecified atom stereocenters. The number of ether oxygens (including phenoxy) is 2. The number of carbonyl (C=O) groups is 1. The van der Waals surface area contributed by atoms with Gasteiger partial charge in [0.25, 0.3) is 5.91 Å². The number of nitrogen functional groups attached to an aromatic ring is 1. The molecule has 5 nitrogen and oxygen atoms in total. The summed E-state index contributed by atoms with van der Waals surface area (Å²) >= 11 is 3.31. The highest BCUT2D eigenvalue weighted by molar-refractivity contribution is 9.10. The largest absolute Gasteiger partial charge is 0.495 e. The molecule has 2 aromatic carbocycles. The Bertz CT molecular complexity index is 647. The molecule has 0 bridgehead atoms. The molecule has 2 aromatic rings. The average molecular weight is 351 g/mol. The third-order valence-electron chi connectivity index (χ3n) is 2.71. The Kier molecular flexibility index (Phi) is 5.05. The summed E-state index contributed by atoms with van der Waals surface area (Å²) in [4.78, 5) is 11.9. The van der Waals surface area contributed by atoms with Gasteiger partial charge in [-0.3, -0.25) is 4.79 Å². The Morgan fingerprint density at radius 1 is 1.24 bits per heavy atom. The van der Waals surface area contributed by atoms with Crippen molar-refractivity contribution in [1.29, 1.82) is 0 Å². The van der Waals surface area contributed by atoms with E-state index in [2.05, 4.69) is 21.2 Å². The van der Waals surface area contributed by atoms with E-state index in [0.717, 1.165) is 4.47 Å². The van der Waals surface area contributed by atoms with E-state index in [1.54, 1.807) is 37.4 Å². The lowest BCUT2D eigenvalue weighted by Gasteiger charge is -2.11. The SMILES string of the molecule is COc1ccccc1NC(=O)COc1ccc(Br)cc1N. The molecule has 2 rings (SSSR count). The van der Waals surface area contributed by atoms with E-state index >= 15 is 0 Å². The third-order valence-corrected chi connectivity index (χ3v) is 3.20. The monoisotopic (exact) mass is 350 g/mol. The number of benzene rings is 2. The van der Waals surface area contributed by atoms with Gasteiger partial charge in [-0.25, -0.2) is 0 Å². The van der Waals surface area contributed by atoms with Crippen molar-refractivity contribution in [2.75, 3.05) is 24.8 Å². The van der Waals surface area contributed by atoms with Crippen molar-refractivity contribution < 1.29 is 14.3 Å². The summed E-state index contributed by atoms with van der Waals surface area (Å²) in [5.41, 5.74) is 6.86. The number of methoxy groups -OCH3 is 1. The van der Waals surface area contributed by atoms with Gasteiger partial charge in [-0.1, -0.05) is 28.1 Å². The molecule has 0 saturated heterocycles. The van der Waals surface area contributed by atoms with Gasteiger partial charge in [-0.05, 0) is 30.3 Å². The van der Waals surface area contributed by atoms with Crippen molar-refractivity contribution in [3.63, 3.8) is 0 Å². The number of para-hydroxylation sites is 2. The third kappa shape index (κ3) is 4.13. The lowest BCUT2D eigenvalue weighted by molar-refractivity contribution is -0.118. The van der Waals surface area contributed by atoms with E-state index in [0.29, 0.717) is 22.9 Å². The zero-order chi connectivity index (χ0) is 15.2. The number of hydrogen-bond donors (Lipinski definition) is 2. The summed E-state index contributed by atoms with van der Waals surface area (Å²) < 4.78 is 11.4. The quantitative estimate of drug-likeness (QED) is 0.812. The summed E-state index contributed by atoms with van der Waals surface area (Å²) in [6.07, 6.45) is 0. The number of nitrogens with two attached hydrogens (primary N) is 1. The molecule has 0 spiro atoms. The molecular formula is C15H15BrN2O3. The van der Waals surface area contributed by atoms with Gasteiger partial charge in [0.2, 0.25) is 0 Å². The predicted octanol–water partition coefficient (Wildman–Crippen LogP) is 3.06. The zero-order valence-corrected chi connectivity index (χ0v) is 13.0. The molecule has 6 heteroatoms. The molecule has 0 heterocycles. The van der Waals surface area contributed by atoms with Gasteiger partial charge in [0.1, 0.15) is 11.5 Å². The fourth-order valence-electron chi connectivity index (χ4n) is 1.73. The Hall–Kier alpha value is -2.21. The Morgan fingerprint density at radius 2 is 2.00 bits per heavy atom. The molecule has 0 radical (unpaired) electrons. The standard InChI is InChI=1S/C15H15BrN2O3/c1-20-14-5-3-2-4-12(14)18-15(19)9-21-13-7-6-10(16)8-11(13)17/h2-8H,9,17H2,1H3,(H,18,19). The lowest BCUT2D eigenvalue weighted by Crippen LogP contribution is -2.20. The maximum absolute atomic E-state index is 11.9. The van der Waals surface area contributed by atoms with Gasteiger partial charge in [0.15, 0.2) is 6.61 Å². The van der Waals surface area contributed by atoms with Crippen LogP contribution >= 0.6 is 15.9 Å². The second kappa shape index (κ2) is 6.99. The molecule has 0 fully saturated rings. The smallest absolute Gasteiger partial charge is 0.262 e. The Balaban J connectivity index is 1.96. The van der Waals surface area contributed by atoms with Crippen LogP contribution in [0, 0.1) is 0 Å². The molecule has 0 aromatic heterocycles. The normalized spacial score (nSPS) is 10.0. The number of amides is 1. The molecule has 21 heavy (non-hydrogen) atoms. The fourth-order valence-corrected chi connectivity index (χ4v) is 2.11. The second-order valence-corrected chi connectivity index (χ2v) is 5.13. The van der Waals surface area contributed by atoms with Crippen molar-refractivity contribution in [3.8, 4) is 11.5 Å². The van der Waals surface area contributed by atoms with Crippen LogP contribution in [0.1, 0.15) is 0 Å². The minimum absolute atomic E-state index is 0.135. The van der Waals surface area contributed by atoms with Gasteiger partial charge in [0, 0.05) is 4.47 Å². The van der Waals surface area contributed by atoms with E-state index in [1.165, 1.54) is 0 Å². The maximum atomic E-state index is 11.9. The van der Waals surface area contributed by atoms with Crippen LogP contribution in [-0.4, -0.2) is 19.6 Å². The van der Waals surface area contributed by atoms with Crippen LogP contribution in [0.3, 0.4) is 0 Å². The Labute approximate surface area is 131 Å². The minimum atomic E-state index is -0.290.